The van der Waals surface area contributed by atoms with E-state index in [1.165, 1.54) is 4.88 Å². The highest BCUT2D eigenvalue weighted by Gasteiger charge is 2.32. The van der Waals surface area contributed by atoms with Crippen LogP contribution >= 0.6 is 11.3 Å². The molecule has 1 aliphatic rings. The molecule has 1 heterocycles. The molecule has 1 aromatic heterocycles. The second-order valence-electron chi connectivity index (χ2n) is 5.77. The Bertz CT molecular complexity index is 419. The fourth-order valence-electron chi connectivity index (χ4n) is 3.01. The van der Waals surface area contributed by atoms with Gasteiger partial charge in [-0.3, -0.25) is 4.79 Å². The van der Waals surface area contributed by atoms with Gasteiger partial charge in [0.1, 0.15) is 0 Å². The first kappa shape index (κ1) is 15.5. The van der Waals surface area contributed by atoms with Crippen molar-refractivity contribution in [3.05, 3.63) is 22.4 Å². The molecule has 1 aliphatic carbocycles. The molecule has 112 valence electrons. The summed E-state index contributed by atoms with van der Waals surface area (Å²) in [4.78, 5) is 15.8. The van der Waals surface area contributed by atoms with Crippen molar-refractivity contribution < 1.29 is 4.79 Å². The van der Waals surface area contributed by atoms with Gasteiger partial charge in [-0.25, -0.2) is 0 Å². The number of nitrogens with two attached hydrogens (primary N) is 1. The van der Waals surface area contributed by atoms with Crippen molar-refractivity contribution in [3.8, 4) is 0 Å². The molecular formula is C15H25N3OS. The van der Waals surface area contributed by atoms with E-state index in [4.69, 9.17) is 5.73 Å². The number of nitrogens with zero attached hydrogens (tertiary/aromatic N) is 1. The van der Waals surface area contributed by atoms with Crippen molar-refractivity contribution in [2.45, 2.75) is 25.3 Å². The second kappa shape index (κ2) is 7.20. The Labute approximate surface area is 125 Å². The van der Waals surface area contributed by atoms with Gasteiger partial charge in [-0.2, -0.15) is 0 Å². The number of hydrogen-bond donors (Lipinski definition) is 2. The number of hydrogen-bond acceptors (Lipinski definition) is 4. The van der Waals surface area contributed by atoms with Crippen molar-refractivity contribution in [2.24, 2.45) is 17.6 Å². The van der Waals surface area contributed by atoms with E-state index >= 15 is 0 Å². The Balaban J connectivity index is 1.91. The van der Waals surface area contributed by atoms with Crippen molar-refractivity contribution in [1.82, 2.24) is 10.2 Å². The molecule has 1 amide bonds. The third-order valence-electron chi connectivity index (χ3n) is 4.26. The van der Waals surface area contributed by atoms with Crippen LogP contribution in [0.3, 0.4) is 0 Å². The summed E-state index contributed by atoms with van der Waals surface area (Å²) in [6, 6.07) is 4.43. The van der Waals surface area contributed by atoms with Crippen molar-refractivity contribution in [2.75, 3.05) is 27.2 Å². The van der Waals surface area contributed by atoms with E-state index in [0.29, 0.717) is 19.0 Å². The highest BCUT2D eigenvalue weighted by molar-refractivity contribution is 7.10. The van der Waals surface area contributed by atoms with Gasteiger partial charge in [-0.15, -0.1) is 11.3 Å². The average molecular weight is 295 g/mol. The predicted molar refractivity (Wildman–Crippen MR) is 83.6 cm³/mol. The van der Waals surface area contributed by atoms with Gasteiger partial charge in [0.2, 0.25) is 5.91 Å². The Morgan fingerprint density at radius 1 is 1.55 bits per heavy atom. The number of likely N-dealkylation sites (N-methyl/N-ethyl adjacent to an activating group) is 1. The molecule has 0 aliphatic heterocycles. The number of nitrogens with one attached hydrogen (secondary N) is 1. The summed E-state index contributed by atoms with van der Waals surface area (Å²) in [5.74, 6) is 0.669. The van der Waals surface area contributed by atoms with Gasteiger partial charge in [-0.05, 0) is 50.8 Å². The molecule has 3 atom stereocenters. The minimum absolute atomic E-state index is 0.117. The van der Waals surface area contributed by atoms with Crippen molar-refractivity contribution in [1.29, 1.82) is 0 Å². The second-order valence-corrected chi connectivity index (χ2v) is 6.75. The summed E-state index contributed by atoms with van der Waals surface area (Å²) >= 11 is 1.74. The lowest BCUT2D eigenvalue weighted by Crippen LogP contribution is -2.39. The third kappa shape index (κ3) is 3.59. The van der Waals surface area contributed by atoms with Crippen LogP contribution in [0.2, 0.25) is 0 Å². The number of rotatable bonds is 6. The summed E-state index contributed by atoms with van der Waals surface area (Å²) in [5, 5.41) is 5.21. The molecule has 1 saturated carbocycles. The van der Waals surface area contributed by atoms with Crippen LogP contribution in [0, 0.1) is 11.8 Å². The first-order chi connectivity index (χ1) is 9.63. The largest absolute Gasteiger partial charge is 0.354 e. The van der Waals surface area contributed by atoms with Crippen LogP contribution in [0.4, 0.5) is 0 Å². The van der Waals surface area contributed by atoms with Gasteiger partial charge in [0.05, 0.1) is 6.04 Å². The van der Waals surface area contributed by atoms with Gasteiger partial charge in [0, 0.05) is 17.3 Å². The fraction of sp³-hybridized carbons (Fsp3) is 0.667. The molecule has 0 radical (unpaired) electrons. The zero-order valence-electron chi connectivity index (χ0n) is 12.3. The predicted octanol–water partition coefficient (Wildman–Crippen LogP) is 1.84. The quantitative estimate of drug-likeness (QED) is 0.842. The number of amides is 1. The summed E-state index contributed by atoms with van der Waals surface area (Å²) < 4.78 is 0. The molecule has 5 heteroatoms. The van der Waals surface area contributed by atoms with Crippen molar-refractivity contribution >= 4 is 17.2 Å². The lowest BCUT2D eigenvalue weighted by molar-refractivity contribution is -0.126. The standard InChI is InChI=1S/C15H25N3OS/c1-18(2)13(14-7-4-8-20-14)10-17-15(19)12-6-3-5-11(12)9-16/h4,7-8,11-13H,3,5-6,9-10,16H2,1-2H3,(H,17,19)/t11-,12-,13?/m1/s1. The van der Waals surface area contributed by atoms with E-state index < -0.39 is 0 Å². The van der Waals surface area contributed by atoms with Gasteiger partial charge in [0.25, 0.3) is 0 Å². The summed E-state index contributed by atoms with van der Waals surface area (Å²) in [7, 11) is 4.10. The van der Waals surface area contributed by atoms with E-state index in [9.17, 15) is 4.79 Å². The molecule has 2 rings (SSSR count). The van der Waals surface area contributed by atoms with Gasteiger partial charge in [-0.1, -0.05) is 12.5 Å². The van der Waals surface area contributed by atoms with E-state index in [2.05, 4.69) is 41.8 Å². The maximum Gasteiger partial charge on any atom is 0.223 e. The van der Waals surface area contributed by atoms with E-state index in [-0.39, 0.29) is 17.9 Å². The van der Waals surface area contributed by atoms with Crippen LogP contribution in [0.1, 0.15) is 30.2 Å². The molecular weight excluding hydrogens is 270 g/mol. The third-order valence-corrected chi connectivity index (χ3v) is 5.24. The van der Waals surface area contributed by atoms with Crippen molar-refractivity contribution in [3.63, 3.8) is 0 Å². The smallest absolute Gasteiger partial charge is 0.223 e. The average Bonchev–Trinajstić information content (AvgIpc) is 3.09. The Morgan fingerprint density at radius 3 is 2.95 bits per heavy atom. The molecule has 1 aromatic rings. The molecule has 0 spiro atoms. The molecule has 1 fully saturated rings. The minimum atomic E-state index is 0.117. The molecule has 20 heavy (non-hydrogen) atoms. The van der Waals surface area contributed by atoms with Crippen LogP contribution in [0.15, 0.2) is 17.5 Å². The van der Waals surface area contributed by atoms with Crippen LogP contribution in [0.25, 0.3) is 0 Å². The normalized spacial score (nSPS) is 24.0. The number of carbonyl (C=O) groups excluding carboxylic acids is 1. The Morgan fingerprint density at radius 2 is 2.35 bits per heavy atom. The number of thiophene rings is 1. The highest BCUT2D eigenvalue weighted by atomic mass is 32.1. The van der Waals surface area contributed by atoms with E-state index in [1.807, 2.05) is 0 Å². The molecule has 1 unspecified atom stereocenters. The highest BCUT2D eigenvalue weighted by Crippen LogP contribution is 2.31. The first-order valence-corrected chi connectivity index (χ1v) is 8.19. The lowest BCUT2D eigenvalue weighted by atomic mass is 9.95. The molecule has 0 saturated heterocycles. The van der Waals surface area contributed by atoms with Gasteiger partial charge < -0.3 is 16.0 Å². The molecule has 0 aromatic carbocycles. The summed E-state index contributed by atoms with van der Waals surface area (Å²) in [6.07, 6.45) is 3.21. The summed E-state index contributed by atoms with van der Waals surface area (Å²) in [6.45, 7) is 1.29. The van der Waals surface area contributed by atoms with Crippen LogP contribution in [-0.2, 0) is 4.79 Å². The molecule has 0 bridgehead atoms. The fourth-order valence-corrected chi connectivity index (χ4v) is 3.93. The van der Waals surface area contributed by atoms with Gasteiger partial charge >= 0.3 is 0 Å². The van der Waals surface area contributed by atoms with Gasteiger partial charge in [0.15, 0.2) is 0 Å². The SMILES string of the molecule is CN(C)C(CNC(=O)[C@@H]1CCC[C@@H]1CN)c1cccs1. The Hall–Kier alpha value is -0.910. The minimum Gasteiger partial charge on any atom is -0.354 e. The lowest BCUT2D eigenvalue weighted by Gasteiger charge is -2.25. The Kier molecular flexibility index (Phi) is 5.57. The maximum absolute atomic E-state index is 12.3. The van der Waals surface area contributed by atoms with Crippen LogP contribution in [-0.4, -0.2) is 38.0 Å². The molecule has 3 N–H and O–H groups in total. The zero-order chi connectivity index (χ0) is 14.5. The van der Waals surface area contributed by atoms with E-state index in [1.54, 1.807) is 11.3 Å². The first-order valence-electron chi connectivity index (χ1n) is 7.31. The molecule has 4 nitrogen and oxygen atoms in total. The van der Waals surface area contributed by atoms with Crippen LogP contribution < -0.4 is 11.1 Å². The zero-order valence-corrected chi connectivity index (χ0v) is 13.2. The van der Waals surface area contributed by atoms with E-state index in [0.717, 1.165) is 19.3 Å². The number of carbonyl (C=O) groups is 1. The maximum atomic E-state index is 12.3. The van der Waals surface area contributed by atoms with Crippen LogP contribution in [0.5, 0.6) is 0 Å². The summed E-state index contributed by atoms with van der Waals surface area (Å²) in [5.41, 5.74) is 5.76. The topological polar surface area (TPSA) is 58.4 Å². The monoisotopic (exact) mass is 295 g/mol.